The summed E-state index contributed by atoms with van der Waals surface area (Å²) in [5, 5.41) is 0. The number of aryl methyl sites for hydroxylation is 2. The van der Waals surface area contributed by atoms with Crippen LogP contribution in [0.2, 0.25) is 0 Å². The van der Waals surface area contributed by atoms with Gasteiger partial charge in [-0.2, -0.15) is 18.2 Å². The van der Waals surface area contributed by atoms with E-state index in [1.807, 2.05) is 36.2 Å². The summed E-state index contributed by atoms with van der Waals surface area (Å²) >= 11 is 5.35. The molecule has 1 atom stereocenters. The number of hydrogen-bond acceptors (Lipinski definition) is 3. The number of hydrogen-bond donors (Lipinski definition) is 1. The quantitative estimate of drug-likeness (QED) is 0.705. The average Bonchev–Trinajstić information content (AvgIpc) is 2.82. The summed E-state index contributed by atoms with van der Waals surface area (Å²) in [5.74, 6) is 0.551. The third-order valence-corrected chi connectivity index (χ3v) is 4.38. The van der Waals surface area contributed by atoms with Crippen molar-refractivity contribution in [3.8, 4) is 0 Å². The highest BCUT2D eigenvalue weighted by molar-refractivity contribution is 7.71. The minimum Gasteiger partial charge on any atom is -0.315 e. The molecule has 0 saturated heterocycles. The van der Waals surface area contributed by atoms with Crippen molar-refractivity contribution in [2.75, 3.05) is 7.05 Å². The van der Waals surface area contributed by atoms with Gasteiger partial charge in [0.15, 0.2) is 6.67 Å². The normalized spacial score (nSPS) is 13.3. The predicted molar refractivity (Wildman–Crippen MR) is 93.3 cm³/mol. The minimum absolute atomic E-state index is 0.429. The van der Waals surface area contributed by atoms with Crippen molar-refractivity contribution >= 4 is 18.0 Å². The molecular weight excluding hydrogens is 363 g/mol. The second-order valence-electron chi connectivity index (χ2n) is 6.43. The highest BCUT2D eigenvalue weighted by atomic mass is 32.1. The first-order valence-electron chi connectivity index (χ1n) is 8.06. The Kier molecular flexibility index (Phi) is 4.85. The first kappa shape index (κ1) is 18.5. The molecule has 1 aromatic carbocycles. The molecule has 1 N–H and O–H groups in total. The summed E-state index contributed by atoms with van der Waals surface area (Å²) in [5.41, 5.74) is 2.02. The summed E-state index contributed by atoms with van der Waals surface area (Å²) in [6.45, 7) is 4.94. The summed E-state index contributed by atoms with van der Waals surface area (Å²) in [7, 11) is 1.95. The number of fused-ring (bicyclic) bond motifs is 1. The van der Waals surface area contributed by atoms with Crippen LogP contribution in [-0.4, -0.2) is 26.2 Å². The lowest BCUT2D eigenvalue weighted by Gasteiger charge is -2.16. The zero-order chi connectivity index (χ0) is 19.1. The Bertz CT molecular complexity index is 989. The number of quaternary nitrogens is 1. The summed E-state index contributed by atoms with van der Waals surface area (Å²) in [4.78, 5) is 9.77. The van der Waals surface area contributed by atoms with Crippen molar-refractivity contribution in [2.24, 2.45) is 0 Å². The van der Waals surface area contributed by atoms with Gasteiger partial charge in [-0.25, -0.2) is 14.2 Å². The Balaban J connectivity index is 1.80. The van der Waals surface area contributed by atoms with Gasteiger partial charge in [-0.15, -0.1) is 0 Å². The maximum absolute atomic E-state index is 12.7. The Morgan fingerprint density at radius 1 is 1.12 bits per heavy atom. The number of aromatic nitrogens is 4. The van der Waals surface area contributed by atoms with Gasteiger partial charge in [0.2, 0.25) is 4.77 Å². The van der Waals surface area contributed by atoms with E-state index in [-0.39, 0.29) is 0 Å². The van der Waals surface area contributed by atoms with Crippen LogP contribution in [0.3, 0.4) is 0 Å². The Morgan fingerprint density at radius 2 is 1.77 bits per heavy atom. The highest BCUT2D eigenvalue weighted by Gasteiger charge is 2.30. The molecule has 0 saturated carbocycles. The molecule has 0 aliphatic heterocycles. The molecule has 2 aromatic heterocycles. The molecule has 3 aromatic rings. The zero-order valence-electron chi connectivity index (χ0n) is 14.6. The van der Waals surface area contributed by atoms with Crippen molar-refractivity contribution in [3.05, 3.63) is 57.6 Å². The molecule has 5 nitrogen and oxygen atoms in total. The van der Waals surface area contributed by atoms with Crippen LogP contribution in [0.4, 0.5) is 13.2 Å². The molecule has 0 aliphatic rings. The van der Waals surface area contributed by atoms with Gasteiger partial charge in [-0.3, -0.25) is 0 Å². The van der Waals surface area contributed by atoms with Crippen molar-refractivity contribution in [2.45, 2.75) is 33.2 Å². The molecule has 9 heteroatoms. The van der Waals surface area contributed by atoms with Gasteiger partial charge < -0.3 is 4.90 Å². The van der Waals surface area contributed by atoms with Gasteiger partial charge in [0.1, 0.15) is 6.54 Å². The van der Waals surface area contributed by atoms with E-state index >= 15 is 0 Å². The van der Waals surface area contributed by atoms with Gasteiger partial charge in [0.25, 0.3) is 5.78 Å². The summed E-state index contributed by atoms with van der Waals surface area (Å²) < 4.78 is 42.1. The van der Waals surface area contributed by atoms with Crippen LogP contribution in [0.5, 0.6) is 0 Å². The molecule has 0 fully saturated rings. The molecule has 2 heterocycles. The van der Waals surface area contributed by atoms with Crippen LogP contribution < -0.4 is 4.90 Å². The number of rotatable bonds is 4. The SMILES string of the molecule is Cc1cc(C)n2c(n1)nc(=S)n2C[NH+](C)Cc1ccc(C(F)(F)F)cc1. The Morgan fingerprint density at radius 3 is 2.38 bits per heavy atom. The predicted octanol–water partition coefficient (Wildman–Crippen LogP) is 2.57. The number of halogens is 3. The van der Waals surface area contributed by atoms with Crippen LogP contribution in [0.1, 0.15) is 22.5 Å². The first-order chi connectivity index (χ1) is 12.1. The fraction of sp³-hybridized carbons (Fsp3) is 0.353. The smallest absolute Gasteiger partial charge is 0.315 e. The van der Waals surface area contributed by atoms with E-state index in [2.05, 4.69) is 9.97 Å². The van der Waals surface area contributed by atoms with Crippen LogP contribution in [-0.2, 0) is 19.4 Å². The van der Waals surface area contributed by atoms with E-state index < -0.39 is 11.7 Å². The lowest BCUT2D eigenvalue weighted by molar-refractivity contribution is -0.917. The van der Waals surface area contributed by atoms with E-state index in [4.69, 9.17) is 12.2 Å². The zero-order valence-corrected chi connectivity index (χ0v) is 15.4. The number of nitrogens with one attached hydrogen (secondary N) is 1. The fourth-order valence-electron chi connectivity index (χ4n) is 2.97. The molecule has 26 heavy (non-hydrogen) atoms. The van der Waals surface area contributed by atoms with Crippen molar-refractivity contribution < 1.29 is 18.1 Å². The van der Waals surface area contributed by atoms with E-state index in [1.165, 1.54) is 12.1 Å². The van der Waals surface area contributed by atoms with Crippen LogP contribution in [0.25, 0.3) is 5.78 Å². The Hall–Kier alpha value is -2.26. The van der Waals surface area contributed by atoms with Gasteiger partial charge in [-0.05, 0) is 44.3 Å². The van der Waals surface area contributed by atoms with Gasteiger partial charge in [0, 0.05) is 17.0 Å². The summed E-state index contributed by atoms with van der Waals surface area (Å²) in [6.07, 6.45) is -4.32. The molecule has 0 amide bonds. The van der Waals surface area contributed by atoms with Crippen LogP contribution >= 0.6 is 12.2 Å². The van der Waals surface area contributed by atoms with Gasteiger partial charge in [-0.1, -0.05) is 12.1 Å². The topological polar surface area (TPSA) is 39.6 Å². The average molecular weight is 382 g/mol. The second-order valence-corrected chi connectivity index (χ2v) is 6.80. The Labute approximate surface area is 153 Å². The van der Waals surface area contributed by atoms with E-state index in [9.17, 15) is 13.2 Å². The van der Waals surface area contributed by atoms with Gasteiger partial charge >= 0.3 is 6.18 Å². The molecule has 3 rings (SSSR count). The molecule has 0 aliphatic carbocycles. The van der Waals surface area contributed by atoms with Crippen LogP contribution in [0.15, 0.2) is 30.3 Å². The molecule has 138 valence electrons. The van der Waals surface area contributed by atoms with E-state index in [0.717, 1.165) is 34.0 Å². The number of benzene rings is 1. The molecule has 0 radical (unpaired) electrons. The van der Waals surface area contributed by atoms with Gasteiger partial charge in [0.05, 0.1) is 12.6 Å². The van der Waals surface area contributed by atoms with Crippen LogP contribution in [0, 0.1) is 18.6 Å². The molecule has 1 unspecified atom stereocenters. The largest absolute Gasteiger partial charge is 0.416 e. The van der Waals surface area contributed by atoms with Crippen molar-refractivity contribution in [3.63, 3.8) is 0 Å². The highest BCUT2D eigenvalue weighted by Crippen LogP contribution is 2.28. The minimum atomic E-state index is -4.32. The summed E-state index contributed by atoms with van der Waals surface area (Å²) in [6, 6.07) is 7.19. The third-order valence-electron chi connectivity index (χ3n) is 4.08. The molecular formula is C17H19F3N5S+. The third kappa shape index (κ3) is 3.78. The first-order valence-corrected chi connectivity index (χ1v) is 8.47. The monoisotopic (exact) mass is 382 g/mol. The standard InChI is InChI=1S/C17H18F3N5S/c1-11-8-12(2)25-15(21-11)22-16(26)24(25)10-23(3)9-13-4-6-14(7-5-13)17(18,19)20/h4-8H,9-10H2,1-3H3/p+1. The second kappa shape index (κ2) is 6.81. The van der Waals surface area contributed by atoms with Crippen molar-refractivity contribution in [1.82, 2.24) is 19.2 Å². The lowest BCUT2D eigenvalue weighted by Crippen LogP contribution is -3.07. The fourth-order valence-corrected chi connectivity index (χ4v) is 3.20. The maximum atomic E-state index is 12.7. The number of alkyl halides is 3. The number of nitrogens with zero attached hydrogens (tertiary/aromatic N) is 4. The van der Waals surface area contributed by atoms with E-state index in [1.54, 1.807) is 0 Å². The molecule has 0 bridgehead atoms. The van der Waals surface area contributed by atoms with E-state index in [0.29, 0.717) is 23.8 Å². The molecule has 0 spiro atoms. The lowest BCUT2D eigenvalue weighted by atomic mass is 10.1. The van der Waals surface area contributed by atoms with Crippen molar-refractivity contribution in [1.29, 1.82) is 0 Å². The maximum Gasteiger partial charge on any atom is 0.416 e.